The zero-order chi connectivity index (χ0) is 18.6. The van der Waals surface area contributed by atoms with Crippen LogP contribution in [0.15, 0.2) is 33.8 Å². The third-order valence-electron chi connectivity index (χ3n) is 3.86. The third-order valence-corrected chi connectivity index (χ3v) is 5.88. The Morgan fingerprint density at radius 2 is 2.15 bits per heavy atom. The highest BCUT2D eigenvalue weighted by Crippen LogP contribution is 2.18. The van der Waals surface area contributed by atoms with E-state index in [1.165, 1.54) is 0 Å². The molecule has 0 aliphatic carbocycles. The van der Waals surface area contributed by atoms with Gasteiger partial charge in [0.1, 0.15) is 6.54 Å². The Hall–Kier alpha value is -2.13. The summed E-state index contributed by atoms with van der Waals surface area (Å²) < 4.78 is 28.4. The number of aliphatic imine (C=N–C) groups is 1. The van der Waals surface area contributed by atoms with E-state index in [2.05, 4.69) is 25.8 Å². The Morgan fingerprint density at radius 3 is 2.81 bits per heavy atom. The van der Waals surface area contributed by atoms with Crippen molar-refractivity contribution in [2.75, 3.05) is 18.1 Å². The highest BCUT2D eigenvalue weighted by Gasteiger charge is 2.28. The van der Waals surface area contributed by atoms with Crippen molar-refractivity contribution >= 4 is 27.4 Å². The molecule has 1 atom stereocenters. The van der Waals surface area contributed by atoms with E-state index >= 15 is 0 Å². The maximum atomic E-state index is 11.6. The number of halogens is 1. The lowest BCUT2D eigenvalue weighted by atomic mass is 10.2. The molecule has 1 saturated heterocycles. The summed E-state index contributed by atoms with van der Waals surface area (Å²) in [5, 5.41) is 10.8. The largest absolute Gasteiger partial charge is 0.357 e. The van der Waals surface area contributed by atoms with Crippen LogP contribution >= 0.6 is 11.6 Å². The SMILES string of the molecule is CCNC(=NCc1nc(-c2ccc(Cl)cc2)no1)NC1CCS(=O)(=O)C1. The average molecular weight is 398 g/mol. The molecule has 0 spiro atoms. The van der Waals surface area contributed by atoms with Gasteiger partial charge in [-0.05, 0) is 37.6 Å². The van der Waals surface area contributed by atoms with Crippen molar-refractivity contribution in [2.24, 2.45) is 4.99 Å². The number of nitrogens with one attached hydrogen (secondary N) is 2. The van der Waals surface area contributed by atoms with Gasteiger partial charge in [0.15, 0.2) is 15.8 Å². The lowest BCUT2D eigenvalue weighted by Crippen LogP contribution is -2.44. The summed E-state index contributed by atoms with van der Waals surface area (Å²) in [6.45, 7) is 2.79. The molecule has 1 aliphatic heterocycles. The van der Waals surface area contributed by atoms with E-state index in [0.29, 0.717) is 35.7 Å². The first-order chi connectivity index (χ1) is 12.4. The summed E-state index contributed by atoms with van der Waals surface area (Å²) in [6.07, 6.45) is 0.577. The Balaban J connectivity index is 1.65. The first kappa shape index (κ1) is 18.7. The normalized spacial score (nSPS) is 19.5. The molecule has 140 valence electrons. The van der Waals surface area contributed by atoms with E-state index in [1.54, 1.807) is 12.1 Å². The Morgan fingerprint density at radius 1 is 1.38 bits per heavy atom. The minimum Gasteiger partial charge on any atom is -0.357 e. The van der Waals surface area contributed by atoms with Gasteiger partial charge in [0.2, 0.25) is 11.7 Å². The summed E-state index contributed by atoms with van der Waals surface area (Å²) in [6, 6.07) is 7.01. The van der Waals surface area contributed by atoms with E-state index in [-0.39, 0.29) is 24.1 Å². The van der Waals surface area contributed by atoms with Crippen LogP contribution in [0, 0.1) is 0 Å². The Labute approximate surface area is 157 Å². The zero-order valence-electron chi connectivity index (χ0n) is 14.3. The molecule has 1 unspecified atom stereocenters. The maximum absolute atomic E-state index is 11.6. The summed E-state index contributed by atoms with van der Waals surface area (Å²) >= 11 is 5.87. The van der Waals surface area contributed by atoms with Crippen molar-refractivity contribution in [3.63, 3.8) is 0 Å². The van der Waals surface area contributed by atoms with Crippen molar-refractivity contribution in [1.82, 2.24) is 20.8 Å². The summed E-state index contributed by atoms with van der Waals surface area (Å²) in [5.41, 5.74) is 0.801. The number of sulfone groups is 1. The van der Waals surface area contributed by atoms with Crippen LogP contribution in [0.4, 0.5) is 0 Å². The van der Waals surface area contributed by atoms with Gasteiger partial charge < -0.3 is 15.2 Å². The second-order valence-electron chi connectivity index (χ2n) is 5.96. The van der Waals surface area contributed by atoms with Gasteiger partial charge in [-0.3, -0.25) is 0 Å². The van der Waals surface area contributed by atoms with Gasteiger partial charge >= 0.3 is 0 Å². The minimum atomic E-state index is -2.95. The lowest BCUT2D eigenvalue weighted by Gasteiger charge is -2.15. The lowest BCUT2D eigenvalue weighted by molar-refractivity contribution is 0.380. The molecule has 0 saturated carbocycles. The molecule has 0 radical (unpaired) electrons. The molecule has 1 aromatic heterocycles. The molecule has 2 aromatic rings. The van der Waals surface area contributed by atoms with Gasteiger partial charge in [-0.1, -0.05) is 16.8 Å². The van der Waals surface area contributed by atoms with Gasteiger partial charge in [0.25, 0.3) is 0 Å². The van der Waals surface area contributed by atoms with Gasteiger partial charge in [0, 0.05) is 23.2 Å². The van der Waals surface area contributed by atoms with Crippen LogP contribution in [0.3, 0.4) is 0 Å². The molecule has 1 aromatic carbocycles. The predicted octanol–water partition coefficient (Wildman–Crippen LogP) is 1.63. The summed E-state index contributed by atoms with van der Waals surface area (Å²) in [7, 11) is -2.95. The number of rotatable bonds is 5. The van der Waals surface area contributed by atoms with E-state index in [0.717, 1.165) is 5.56 Å². The molecule has 0 bridgehead atoms. The molecule has 2 heterocycles. The van der Waals surface area contributed by atoms with E-state index in [4.69, 9.17) is 16.1 Å². The Bertz CT molecular complexity index is 880. The predicted molar refractivity (Wildman–Crippen MR) is 99.8 cm³/mol. The second-order valence-corrected chi connectivity index (χ2v) is 8.62. The number of hydrogen-bond acceptors (Lipinski definition) is 6. The quantitative estimate of drug-likeness (QED) is 0.582. The van der Waals surface area contributed by atoms with Crippen molar-refractivity contribution in [3.05, 3.63) is 35.2 Å². The number of nitrogens with zero attached hydrogens (tertiary/aromatic N) is 3. The standard InChI is InChI=1S/C16H20ClN5O3S/c1-2-18-16(20-13-7-8-26(23,24)10-13)19-9-14-21-15(22-25-14)11-3-5-12(17)6-4-11/h3-6,13H,2,7-10H2,1H3,(H2,18,19,20). The third kappa shape index (κ3) is 4.95. The fourth-order valence-corrected chi connectivity index (χ4v) is 4.40. The molecular formula is C16H20ClN5O3S. The van der Waals surface area contributed by atoms with Crippen LogP contribution in [0.5, 0.6) is 0 Å². The van der Waals surface area contributed by atoms with Crippen LogP contribution in [-0.4, -0.2) is 48.6 Å². The van der Waals surface area contributed by atoms with Gasteiger partial charge in [-0.2, -0.15) is 4.98 Å². The number of hydrogen-bond donors (Lipinski definition) is 2. The monoisotopic (exact) mass is 397 g/mol. The van der Waals surface area contributed by atoms with Crippen molar-refractivity contribution < 1.29 is 12.9 Å². The van der Waals surface area contributed by atoms with Crippen LogP contribution in [0.25, 0.3) is 11.4 Å². The number of guanidine groups is 1. The van der Waals surface area contributed by atoms with Crippen LogP contribution in [-0.2, 0) is 16.4 Å². The van der Waals surface area contributed by atoms with Crippen LogP contribution < -0.4 is 10.6 Å². The maximum Gasteiger partial charge on any atom is 0.248 e. The zero-order valence-corrected chi connectivity index (χ0v) is 15.8. The van der Waals surface area contributed by atoms with Gasteiger partial charge in [-0.15, -0.1) is 0 Å². The fourth-order valence-electron chi connectivity index (χ4n) is 2.60. The number of benzene rings is 1. The topological polar surface area (TPSA) is 109 Å². The van der Waals surface area contributed by atoms with E-state index in [9.17, 15) is 8.42 Å². The van der Waals surface area contributed by atoms with Crippen molar-refractivity contribution in [1.29, 1.82) is 0 Å². The Kier molecular flexibility index (Phi) is 5.77. The molecule has 1 fully saturated rings. The average Bonchev–Trinajstić information content (AvgIpc) is 3.20. The molecule has 0 amide bonds. The fraction of sp³-hybridized carbons (Fsp3) is 0.438. The highest BCUT2D eigenvalue weighted by molar-refractivity contribution is 7.91. The molecule has 2 N–H and O–H groups in total. The van der Waals surface area contributed by atoms with E-state index in [1.807, 2.05) is 19.1 Å². The first-order valence-electron chi connectivity index (χ1n) is 8.29. The van der Waals surface area contributed by atoms with E-state index < -0.39 is 9.84 Å². The second kappa shape index (κ2) is 8.05. The molecule has 10 heteroatoms. The van der Waals surface area contributed by atoms with Gasteiger partial charge in [-0.25, -0.2) is 13.4 Å². The molecule has 8 nitrogen and oxygen atoms in total. The minimum absolute atomic E-state index is 0.124. The molecule has 1 aliphatic rings. The van der Waals surface area contributed by atoms with Crippen molar-refractivity contribution in [3.8, 4) is 11.4 Å². The van der Waals surface area contributed by atoms with Crippen molar-refractivity contribution in [2.45, 2.75) is 25.9 Å². The highest BCUT2D eigenvalue weighted by atomic mass is 35.5. The smallest absolute Gasteiger partial charge is 0.248 e. The molecule has 26 heavy (non-hydrogen) atoms. The first-order valence-corrected chi connectivity index (χ1v) is 10.5. The van der Waals surface area contributed by atoms with Crippen LogP contribution in [0.2, 0.25) is 5.02 Å². The van der Waals surface area contributed by atoms with Crippen LogP contribution in [0.1, 0.15) is 19.2 Å². The summed E-state index contributed by atoms with van der Waals surface area (Å²) in [4.78, 5) is 8.72. The molecule has 3 rings (SSSR count). The summed E-state index contributed by atoms with van der Waals surface area (Å²) in [5.74, 6) is 1.69. The number of aromatic nitrogens is 2. The molecular weight excluding hydrogens is 378 g/mol. The van der Waals surface area contributed by atoms with Gasteiger partial charge in [0.05, 0.1) is 11.5 Å².